The van der Waals surface area contributed by atoms with Gasteiger partial charge in [-0.05, 0) is 49.5 Å². The summed E-state index contributed by atoms with van der Waals surface area (Å²) in [5, 5.41) is 16.7. The molecule has 1 radical (unpaired) electrons. The quantitative estimate of drug-likeness (QED) is 0.473. The highest BCUT2D eigenvalue weighted by atomic mass is 16.5. The molecule has 0 spiro atoms. The number of rotatable bonds is 2. The monoisotopic (exact) mass is 285 g/mol. The lowest BCUT2D eigenvalue weighted by Crippen LogP contribution is -2.48. The molecule has 1 aromatic rings. The van der Waals surface area contributed by atoms with Crippen molar-refractivity contribution >= 4 is 11.5 Å². The van der Waals surface area contributed by atoms with Gasteiger partial charge in [0.15, 0.2) is 0 Å². The molecular formula is C15H17N4O2. The maximum atomic E-state index is 12.6. The van der Waals surface area contributed by atoms with Crippen LogP contribution in [-0.4, -0.2) is 22.0 Å². The molecule has 1 aliphatic rings. The lowest BCUT2D eigenvalue weighted by molar-refractivity contribution is -0.236. The first-order chi connectivity index (χ1) is 9.74. The van der Waals surface area contributed by atoms with Crippen LogP contribution in [0.1, 0.15) is 33.3 Å². The van der Waals surface area contributed by atoms with E-state index in [1.165, 1.54) is 0 Å². The molecule has 0 atom stereocenters. The van der Waals surface area contributed by atoms with Crippen molar-refractivity contribution < 1.29 is 10.0 Å². The van der Waals surface area contributed by atoms with Crippen LogP contribution >= 0.6 is 0 Å². The van der Waals surface area contributed by atoms with Crippen LogP contribution in [0.25, 0.3) is 16.0 Å². The smallest absolute Gasteiger partial charge is 0.247 e. The Balaban J connectivity index is 2.80. The summed E-state index contributed by atoms with van der Waals surface area (Å²) in [5.74, 6) is -0.701. The zero-order chi connectivity index (χ0) is 15.8. The van der Waals surface area contributed by atoms with Crippen LogP contribution in [0, 0.1) is 0 Å². The van der Waals surface area contributed by atoms with Crippen molar-refractivity contribution in [2.45, 2.75) is 38.8 Å². The highest BCUT2D eigenvalue weighted by Crippen LogP contribution is 2.49. The van der Waals surface area contributed by atoms with Gasteiger partial charge in [-0.1, -0.05) is 30.3 Å². The van der Waals surface area contributed by atoms with Gasteiger partial charge in [0, 0.05) is 10.5 Å². The molecule has 21 heavy (non-hydrogen) atoms. The molecule has 109 valence electrons. The van der Waals surface area contributed by atoms with Crippen LogP contribution in [0.3, 0.4) is 0 Å². The van der Waals surface area contributed by atoms with E-state index in [9.17, 15) is 10.0 Å². The standard InChI is InChI=1S/C15H17N4O2/c1-14(2)11(10-8-6-5-7-9-10)12(13(20)17-18-16)15(3,4)19(14)21/h5-9H,1-4H3. The largest absolute Gasteiger partial charge is 0.287 e. The number of benzene rings is 1. The van der Waals surface area contributed by atoms with Crippen LogP contribution in [-0.2, 0) is 10.0 Å². The predicted octanol–water partition coefficient (Wildman–Crippen LogP) is 3.50. The van der Waals surface area contributed by atoms with Crippen molar-refractivity contribution in [3.05, 3.63) is 51.9 Å². The van der Waals surface area contributed by atoms with E-state index in [-0.39, 0.29) is 5.57 Å². The van der Waals surface area contributed by atoms with Crippen molar-refractivity contribution in [3.8, 4) is 0 Å². The number of carbonyl (C=O) groups excluding carboxylic acids is 1. The van der Waals surface area contributed by atoms with E-state index >= 15 is 0 Å². The molecule has 1 amide bonds. The van der Waals surface area contributed by atoms with Crippen molar-refractivity contribution in [2.75, 3.05) is 0 Å². The molecule has 0 N–H and O–H groups in total. The molecule has 0 aromatic heterocycles. The van der Waals surface area contributed by atoms with Crippen LogP contribution in [0.15, 0.2) is 41.0 Å². The highest BCUT2D eigenvalue weighted by molar-refractivity contribution is 6.06. The Bertz CT molecular complexity index is 656. The molecule has 0 bridgehead atoms. The molecular weight excluding hydrogens is 268 g/mol. The molecule has 0 saturated heterocycles. The first-order valence-electron chi connectivity index (χ1n) is 6.62. The molecule has 0 unspecified atom stereocenters. The third-order valence-electron chi connectivity index (χ3n) is 3.90. The van der Waals surface area contributed by atoms with Gasteiger partial charge < -0.3 is 0 Å². The Morgan fingerprint density at radius 3 is 2.24 bits per heavy atom. The Hall–Kier alpha value is -2.14. The second kappa shape index (κ2) is 5.00. The zero-order valence-electron chi connectivity index (χ0n) is 12.5. The highest BCUT2D eigenvalue weighted by Gasteiger charge is 2.54. The first kappa shape index (κ1) is 15.3. The van der Waals surface area contributed by atoms with Gasteiger partial charge in [0.1, 0.15) is 0 Å². The Labute approximate surface area is 123 Å². The second-order valence-electron chi connectivity index (χ2n) is 6.02. The number of carbonyl (C=O) groups is 1. The van der Waals surface area contributed by atoms with Gasteiger partial charge >= 0.3 is 0 Å². The molecule has 1 heterocycles. The van der Waals surface area contributed by atoms with Crippen LogP contribution < -0.4 is 0 Å². The number of nitrogens with zero attached hydrogens (tertiary/aromatic N) is 4. The van der Waals surface area contributed by atoms with Gasteiger partial charge in [0.25, 0.3) is 0 Å². The Morgan fingerprint density at radius 2 is 1.71 bits per heavy atom. The van der Waals surface area contributed by atoms with Crippen molar-refractivity contribution in [2.24, 2.45) is 5.11 Å². The maximum Gasteiger partial charge on any atom is 0.247 e. The number of hydrogen-bond acceptors (Lipinski definition) is 2. The van der Waals surface area contributed by atoms with E-state index < -0.39 is 17.0 Å². The molecule has 0 saturated carbocycles. The maximum absolute atomic E-state index is 12.6. The second-order valence-corrected chi connectivity index (χ2v) is 6.02. The van der Waals surface area contributed by atoms with E-state index in [1.807, 2.05) is 30.3 Å². The van der Waals surface area contributed by atoms with Crippen LogP contribution in [0.2, 0.25) is 0 Å². The minimum atomic E-state index is -1.06. The Kier molecular flexibility index (Phi) is 3.63. The summed E-state index contributed by atoms with van der Waals surface area (Å²) in [5.41, 5.74) is 8.25. The average molecular weight is 285 g/mol. The Morgan fingerprint density at radius 1 is 1.14 bits per heavy atom. The van der Waals surface area contributed by atoms with Crippen molar-refractivity contribution in [1.29, 1.82) is 0 Å². The molecule has 6 heteroatoms. The fourth-order valence-electron chi connectivity index (χ4n) is 3.08. The van der Waals surface area contributed by atoms with E-state index in [0.29, 0.717) is 5.57 Å². The van der Waals surface area contributed by atoms with Crippen LogP contribution in [0.5, 0.6) is 0 Å². The summed E-state index contributed by atoms with van der Waals surface area (Å²) in [7, 11) is 0. The van der Waals surface area contributed by atoms with Crippen molar-refractivity contribution in [3.63, 3.8) is 0 Å². The lowest BCUT2D eigenvalue weighted by Gasteiger charge is -2.34. The average Bonchev–Trinajstić information content (AvgIpc) is 2.57. The van der Waals surface area contributed by atoms with Crippen molar-refractivity contribution in [1.82, 2.24) is 5.06 Å². The van der Waals surface area contributed by atoms with Gasteiger partial charge in [-0.3, -0.25) is 4.79 Å². The normalized spacial score (nSPS) is 20.2. The fraction of sp³-hybridized carbons (Fsp3) is 0.400. The third-order valence-corrected chi connectivity index (χ3v) is 3.90. The van der Waals surface area contributed by atoms with E-state index in [1.54, 1.807) is 27.7 Å². The fourth-order valence-corrected chi connectivity index (χ4v) is 3.08. The molecule has 2 rings (SSSR count). The zero-order valence-corrected chi connectivity index (χ0v) is 12.5. The van der Waals surface area contributed by atoms with E-state index in [4.69, 9.17) is 5.53 Å². The molecule has 0 aliphatic carbocycles. The first-order valence-corrected chi connectivity index (χ1v) is 6.62. The lowest BCUT2D eigenvalue weighted by atomic mass is 9.85. The van der Waals surface area contributed by atoms with Gasteiger partial charge in [-0.15, -0.1) is 10.3 Å². The minimum absolute atomic E-state index is 0.256. The summed E-state index contributed by atoms with van der Waals surface area (Å²) in [6.45, 7) is 6.86. The van der Waals surface area contributed by atoms with Gasteiger partial charge in [0.2, 0.25) is 5.91 Å². The number of hydrogen-bond donors (Lipinski definition) is 0. The van der Waals surface area contributed by atoms with Gasteiger partial charge in [-0.25, -0.2) is 0 Å². The van der Waals surface area contributed by atoms with Crippen LogP contribution in [0.4, 0.5) is 0 Å². The van der Waals surface area contributed by atoms with E-state index in [2.05, 4.69) is 10.0 Å². The number of hydroxylamine groups is 2. The molecule has 1 aliphatic heterocycles. The molecule has 1 aromatic carbocycles. The summed E-state index contributed by atoms with van der Waals surface area (Å²) in [6.07, 6.45) is 0. The molecule has 6 nitrogen and oxygen atoms in total. The summed E-state index contributed by atoms with van der Waals surface area (Å²) < 4.78 is 0. The third kappa shape index (κ3) is 2.23. The SMILES string of the molecule is CC1(C)C(C(=O)N=[N+]=[N-])=C(c2ccccc2)C(C)(C)N1[O]. The summed E-state index contributed by atoms with van der Waals surface area (Å²) in [4.78, 5) is 14.8. The van der Waals surface area contributed by atoms with Gasteiger partial charge in [0.05, 0.1) is 11.1 Å². The molecule has 0 fully saturated rings. The number of amides is 1. The van der Waals surface area contributed by atoms with E-state index in [0.717, 1.165) is 10.6 Å². The summed E-state index contributed by atoms with van der Waals surface area (Å²) >= 11 is 0. The summed E-state index contributed by atoms with van der Waals surface area (Å²) in [6, 6.07) is 9.23. The van der Waals surface area contributed by atoms with Gasteiger partial charge in [-0.2, -0.15) is 0 Å². The predicted molar refractivity (Wildman–Crippen MR) is 78.2 cm³/mol. The number of azide groups is 1. The topological polar surface area (TPSA) is 89.0 Å². The minimum Gasteiger partial charge on any atom is -0.287 e.